The maximum absolute atomic E-state index is 13.8. The number of rotatable bonds is 9. The lowest BCUT2D eigenvalue weighted by Gasteiger charge is -2.31. The first-order valence-corrected chi connectivity index (χ1v) is 15.1. The van der Waals surface area contributed by atoms with Crippen LogP contribution in [0.5, 0.6) is 11.5 Å². The number of hydrogen-bond donors (Lipinski definition) is 1. The van der Waals surface area contributed by atoms with Crippen molar-refractivity contribution >= 4 is 29.1 Å². The fourth-order valence-electron chi connectivity index (χ4n) is 6.34. The van der Waals surface area contributed by atoms with Crippen LogP contribution < -0.4 is 4.74 Å². The zero-order chi connectivity index (χ0) is 31.3. The second kappa shape index (κ2) is 13.1. The minimum atomic E-state index is -0.983. The molecule has 0 spiro atoms. The highest BCUT2D eigenvalue weighted by Gasteiger charge is 2.39. The Morgan fingerprint density at radius 1 is 0.844 bits per heavy atom. The van der Waals surface area contributed by atoms with Gasteiger partial charge in [0.15, 0.2) is 0 Å². The Hall–Kier alpha value is -5.43. The molecule has 226 valence electrons. The summed E-state index contributed by atoms with van der Waals surface area (Å²) in [6, 6.07) is 37.5. The van der Waals surface area contributed by atoms with Crippen molar-refractivity contribution in [3.8, 4) is 11.5 Å². The van der Waals surface area contributed by atoms with Gasteiger partial charge in [-0.15, -0.1) is 0 Å². The number of likely N-dealkylation sites (tertiary alicyclic amines) is 1. The number of nitrogens with zero attached hydrogens (tertiary/aromatic N) is 2. The van der Waals surface area contributed by atoms with Crippen molar-refractivity contribution in [3.63, 3.8) is 0 Å². The van der Waals surface area contributed by atoms with E-state index in [9.17, 15) is 19.5 Å². The highest BCUT2D eigenvalue weighted by Crippen LogP contribution is 2.37. The van der Waals surface area contributed by atoms with Gasteiger partial charge in [0, 0.05) is 42.6 Å². The van der Waals surface area contributed by atoms with Gasteiger partial charge in [-0.1, -0.05) is 72.8 Å². The second-order valence-electron chi connectivity index (χ2n) is 11.5. The predicted octanol–water partition coefficient (Wildman–Crippen LogP) is 8.04. The van der Waals surface area contributed by atoms with Crippen molar-refractivity contribution < 1.29 is 24.2 Å². The summed E-state index contributed by atoms with van der Waals surface area (Å²) in [7, 11) is 0. The van der Waals surface area contributed by atoms with Crippen LogP contribution >= 0.6 is 0 Å². The minimum absolute atomic E-state index is 0.0198. The summed E-state index contributed by atoms with van der Waals surface area (Å²) in [5.41, 5.74) is 3.14. The van der Waals surface area contributed by atoms with Crippen molar-refractivity contribution in [1.29, 1.82) is 0 Å². The van der Waals surface area contributed by atoms with Gasteiger partial charge in [0.05, 0.1) is 6.04 Å². The SMILES string of the molecule is C[C@H](c1cccc2ccccc12)N(C[C@H]1CN(C(=O)c2ccc(Oc3ccc(C=O)cc3)cc2)C[C@@H]1c1ccccc1)C(=O)O. The van der Waals surface area contributed by atoms with Crippen molar-refractivity contribution in [2.45, 2.75) is 18.9 Å². The molecule has 0 aromatic heterocycles. The summed E-state index contributed by atoms with van der Waals surface area (Å²) >= 11 is 0. The molecule has 1 heterocycles. The quantitative estimate of drug-likeness (QED) is 0.174. The van der Waals surface area contributed by atoms with Gasteiger partial charge in [0.1, 0.15) is 17.8 Å². The van der Waals surface area contributed by atoms with Gasteiger partial charge in [0.25, 0.3) is 5.91 Å². The van der Waals surface area contributed by atoms with Gasteiger partial charge >= 0.3 is 6.09 Å². The number of aldehydes is 1. The molecule has 7 nitrogen and oxygen atoms in total. The zero-order valence-corrected chi connectivity index (χ0v) is 25.0. The lowest BCUT2D eigenvalue weighted by molar-refractivity contribution is 0.0780. The van der Waals surface area contributed by atoms with Crippen molar-refractivity contribution in [3.05, 3.63) is 144 Å². The van der Waals surface area contributed by atoms with Crippen molar-refractivity contribution in [2.24, 2.45) is 5.92 Å². The van der Waals surface area contributed by atoms with Crippen LogP contribution in [0.2, 0.25) is 0 Å². The highest BCUT2D eigenvalue weighted by atomic mass is 16.5. The van der Waals surface area contributed by atoms with Crippen LogP contribution in [-0.4, -0.2) is 52.8 Å². The predicted molar refractivity (Wildman–Crippen MR) is 174 cm³/mol. The van der Waals surface area contributed by atoms with E-state index in [2.05, 4.69) is 12.1 Å². The number of carboxylic acid groups (broad SMARTS) is 1. The van der Waals surface area contributed by atoms with Crippen molar-refractivity contribution in [1.82, 2.24) is 9.80 Å². The van der Waals surface area contributed by atoms with E-state index in [0.29, 0.717) is 42.3 Å². The summed E-state index contributed by atoms with van der Waals surface area (Å²) < 4.78 is 5.88. The minimum Gasteiger partial charge on any atom is -0.465 e. The fourth-order valence-corrected chi connectivity index (χ4v) is 6.34. The topological polar surface area (TPSA) is 87.2 Å². The van der Waals surface area contributed by atoms with Gasteiger partial charge in [-0.05, 0) is 77.4 Å². The average molecular weight is 599 g/mol. The first-order valence-electron chi connectivity index (χ1n) is 15.1. The van der Waals surface area contributed by atoms with E-state index in [0.717, 1.165) is 28.2 Å². The smallest absolute Gasteiger partial charge is 0.407 e. The number of ether oxygens (including phenoxy) is 1. The third-order valence-corrected chi connectivity index (χ3v) is 8.73. The molecule has 0 unspecified atom stereocenters. The molecule has 7 heteroatoms. The zero-order valence-electron chi connectivity index (χ0n) is 25.0. The lowest BCUT2D eigenvalue weighted by atomic mass is 9.88. The number of carbonyl (C=O) groups is 3. The maximum Gasteiger partial charge on any atom is 0.407 e. The first-order chi connectivity index (χ1) is 21.9. The maximum atomic E-state index is 13.8. The van der Waals surface area contributed by atoms with Crippen LogP contribution in [0.3, 0.4) is 0 Å². The largest absolute Gasteiger partial charge is 0.465 e. The lowest BCUT2D eigenvalue weighted by Crippen LogP contribution is -2.38. The average Bonchev–Trinajstić information content (AvgIpc) is 3.51. The van der Waals surface area contributed by atoms with Crippen LogP contribution in [0.15, 0.2) is 121 Å². The Balaban J connectivity index is 1.22. The molecule has 1 saturated heterocycles. The Morgan fingerprint density at radius 2 is 1.49 bits per heavy atom. The molecular formula is C38H34N2O5. The van der Waals surface area contributed by atoms with Crippen LogP contribution in [0, 0.1) is 5.92 Å². The molecule has 0 aliphatic carbocycles. The Labute approximate surface area is 262 Å². The third-order valence-electron chi connectivity index (χ3n) is 8.73. The first kappa shape index (κ1) is 29.6. The molecule has 5 aromatic rings. The molecule has 2 amide bonds. The van der Waals surface area contributed by atoms with E-state index in [4.69, 9.17) is 4.74 Å². The highest BCUT2D eigenvalue weighted by molar-refractivity contribution is 5.94. The van der Waals surface area contributed by atoms with Gasteiger partial charge in [0.2, 0.25) is 0 Å². The van der Waals surface area contributed by atoms with E-state index in [-0.39, 0.29) is 23.8 Å². The molecule has 1 N–H and O–H groups in total. The van der Waals surface area contributed by atoms with Crippen molar-refractivity contribution in [2.75, 3.05) is 19.6 Å². The van der Waals surface area contributed by atoms with E-state index in [1.807, 2.05) is 72.5 Å². The number of amides is 2. The van der Waals surface area contributed by atoms with Crippen LogP contribution in [0.1, 0.15) is 50.7 Å². The van der Waals surface area contributed by atoms with E-state index in [1.165, 1.54) is 4.90 Å². The molecule has 45 heavy (non-hydrogen) atoms. The number of carbonyl (C=O) groups excluding carboxylic acids is 2. The van der Waals surface area contributed by atoms with Crippen LogP contribution in [-0.2, 0) is 0 Å². The standard InChI is InChI=1S/C38H34N2O5/c1-26(34-13-7-11-28-10-5-6-12-35(28)34)40(38(43)44)23-31-22-39(24-36(31)29-8-3-2-4-9-29)37(42)30-16-20-33(21-17-30)45-32-18-14-27(25-41)15-19-32/h2-21,25-26,31,36H,22-24H2,1H3,(H,43,44)/t26-,31-,36-/m1/s1. The number of fused-ring (bicyclic) bond motifs is 1. The van der Waals surface area contributed by atoms with E-state index < -0.39 is 6.09 Å². The van der Waals surface area contributed by atoms with Gasteiger partial charge in [-0.25, -0.2) is 4.79 Å². The molecule has 6 rings (SSSR count). The number of benzene rings is 5. The molecule has 1 aliphatic rings. The van der Waals surface area contributed by atoms with Gasteiger partial charge in [-0.2, -0.15) is 0 Å². The van der Waals surface area contributed by atoms with E-state index in [1.54, 1.807) is 48.5 Å². The summed E-state index contributed by atoms with van der Waals surface area (Å²) in [6.45, 7) is 3.15. The third kappa shape index (κ3) is 6.43. The Kier molecular flexibility index (Phi) is 8.60. The molecule has 0 saturated carbocycles. The number of hydrogen-bond acceptors (Lipinski definition) is 4. The molecule has 0 bridgehead atoms. The summed E-state index contributed by atoms with van der Waals surface area (Å²) in [5.74, 6) is 0.944. The molecule has 1 fully saturated rings. The summed E-state index contributed by atoms with van der Waals surface area (Å²) in [4.78, 5) is 40.8. The molecule has 0 radical (unpaired) electrons. The van der Waals surface area contributed by atoms with E-state index >= 15 is 0 Å². The van der Waals surface area contributed by atoms with Gasteiger partial charge < -0.3 is 19.6 Å². The molecular weight excluding hydrogens is 564 g/mol. The second-order valence-corrected chi connectivity index (χ2v) is 11.5. The fraction of sp³-hybridized carbons (Fsp3) is 0.184. The Morgan fingerprint density at radius 3 is 2.18 bits per heavy atom. The van der Waals surface area contributed by atoms with Crippen LogP contribution in [0.4, 0.5) is 4.79 Å². The Bertz CT molecular complexity index is 1800. The van der Waals surface area contributed by atoms with Crippen LogP contribution in [0.25, 0.3) is 10.8 Å². The summed E-state index contributed by atoms with van der Waals surface area (Å²) in [5, 5.41) is 12.5. The summed E-state index contributed by atoms with van der Waals surface area (Å²) in [6.07, 6.45) is -0.205. The molecule has 3 atom stereocenters. The van der Waals surface area contributed by atoms with Gasteiger partial charge in [-0.3, -0.25) is 9.59 Å². The normalized spacial score (nSPS) is 16.7. The molecule has 5 aromatic carbocycles. The molecule has 1 aliphatic heterocycles. The monoisotopic (exact) mass is 598 g/mol.